The molecule has 1 aliphatic rings. The SMILES string of the molecule is C[C@@H](CC[C@@H]1CCCO1)NC(=O)c1cc(=O)[nH]c2cc(F)ccc12. The minimum Gasteiger partial charge on any atom is -0.378 e. The van der Waals surface area contributed by atoms with Crippen LogP contribution in [0.15, 0.2) is 29.1 Å². The summed E-state index contributed by atoms with van der Waals surface area (Å²) in [6.07, 6.45) is 4.17. The largest absolute Gasteiger partial charge is 0.378 e. The molecule has 2 heterocycles. The Morgan fingerprint density at radius 2 is 2.29 bits per heavy atom. The summed E-state index contributed by atoms with van der Waals surface area (Å²) in [5.41, 5.74) is 0.155. The average molecular weight is 332 g/mol. The van der Waals surface area contributed by atoms with Crippen LogP contribution in [0.1, 0.15) is 43.0 Å². The van der Waals surface area contributed by atoms with Gasteiger partial charge in [0.25, 0.3) is 5.91 Å². The second-order valence-corrected chi connectivity index (χ2v) is 6.32. The molecule has 1 aromatic carbocycles. The number of ether oxygens (including phenoxy) is 1. The average Bonchev–Trinajstić information content (AvgIpc) is 3.05. The maximum Gasteiger partial charge on any atom is 0.252 e. The molecule has 128 valence electrons. The molecule has 2 aromatic rings. The third-order valence-electron chi connectivity index (χ3n) is 4.37. The van der Waals surface area contributed by atoms with Gasteiger partial charge in [0, 0.05) is 24.1 Å². The fraction of sp³-hybridized carbons (Fsp3) is 0.444. The monoisotopic (exact) mass is 332 g/mol. The summed E-state index contributed by atoms with van der Waals surface area (Å²) in [4.78, 5) is 26.8. The predicted octanol–water partition coefficient (Wildman–Crippen LogP) is 2.74. The molecule has 1 fully saturated rings. The fourth-order valence-electron chi connectivity index (χ4n) is 3.10. The molecule has 0 radical (unpaired) electrons. The highest BCUT2D eigenvalue weighted by Crippen LogP contribution is 2.19. The zero-order valence-corrected chi connectivity index (χ0v) is 13.6. The molecule has 0 unspecified atom stereocenters. The molecular formula is C18H21FN2O3. The maximum absolute atomic E-state index is 13.3. The van der Waals surface area contributed by atoms with E-state index in [9.17, 15) is 14.0 Å². The summed E-state index contributed by atoms with van der Waals surface area (Å²) in [5, 5.41) is 3.44. The van der Waals surface area contributed by atoms with E-state index in [0.29, 0.717) is 10.9 Å². The molecule has 3 rings (SSSR count). The molecule has 2 N–H and O–H groups in total. The van der Waals surface area contributed by atoms with E-state index < -0.39 is 11.4 Å². The first-order chi connectivity index (χ1) is 11.5. The second-order valence-electron chi connectivity index (χ2n) is 6.32. The second kappa shape index (κ2) is 7.13. The van der Waals surface area contributed by atoms with Crippen molar-refractivity contribution in [2.45, 2.75) is 44.8 Å². The van der Waals surface area contributed by atoms with Crippen molar-refractivity contribution < 1.29 is 13.9 Å². The minimum atomic E-state index is -0.458. The lowest BCUT2D eigenvalue weighted by atomic mass is 10.1. The Balaban J connectivity index is 1.72. The summed E-state index contributed by atoms with van der Waals surface area (Å²) in [6.45, 7) is 2.75. The van der Waals surface area contributed by atoms with Gasteiger partial charge >= 0.3 is 0 Å². The van der Waals surface area contributed by atoms with Crippen molar-refractivity contribution in [3.63, 3.8) is 0 Å². The van der Waals surface area contributed by atoms with E-state index in [1.807, 2.05) is 6.92 Å². The number of aromatic nitrogens is 1. The summed E-state index contributed by atoms with van der Waals surface area (Å²) in [6, 6.07) is 5.22. The number of pyridine rings is 1. The van der Waals surface area contributed by atoms with Gasteiger partial charge in [0.2, 0.25) is 5.56 Å². The Hall–Kier alpha value is -2.21. The van der Waals surface area contributed by atoms with Crippen molar-refractivity contribution >= 4 is 16.8 Å². The van der Waals surface area contributed by atoms with E-state index in [-0.39, 0.29) is 23.6 Å². The molecule has 1 aliphatic heterocycles. The molecule has 2 atom stereocenters. The number of amides is 1. The van der Waals surface area contributed by atoms with E-state index in [2.05, 4.69) is 10.3 Å². The van der Waals surface area contributed by atoms with Crippen LogP contribution in [0.4, 0.5) is 4.39 Å². The number of carbonyl (C=O) groups excluding carboxylic acids is 1. The van der Waals surface area contributed by atoms with Crippen LogP contribution < -0.4 is 10.9 Å². The van der Waals surface area contributed by atoms with Gasteiger partial charge in [-0.25, -0.2) is 4.39 Å². The smallest absolute Gasteiger partial charge is 0.252 e. The number of nitrogens with one attached hydrogen (secondary N) is 2. The van der Waals surface area contributed by atoms with Gasteiger partial charge in [-0.2, -0.15) is 0 Å². The van der Waals surface area contributed by atoms with Crippen molar-refractivity contribution in [3.8, 4) is 0 Å². The van der Waals surface area contributed by atoms with Crippen molar-refractivity contribution in [2.75, 3.05) is 6.61 Å². The highest BCUT2D eigenvalue weighted by atomic mass is 19.1. The Morgan fingerprint density at radius 3 is 3.04 bits per heavy atom. The lowest BCUT2D eigenvalue weighted by molar-refractivity contribution is 0.0900. The summed E-state index contributed by atoms with van der Waals surface area (Å²) in [7, 11) is 0. The highest BCUT2D eigenvalue weighted by molar-refractivity contribution is 6.06. The Labute approximate surface area is 139 Å². The first kappa shape index (κ1) is 16.6. The van der Waals surface area contributed by atoms with Crippen LogP contribution in [0.2, 0.25) is 0 Å². The van der Waals surface area contributed by atoms with Crippen LogP contribution in [0.3, 0.4) is 0 Å². The number of rotatable bonds is 5. The summed E-state index contributed by atoms with van der Waals surface area (Å²) >= 11 is 0. The third kappa shape index (κ3) is 3.82. The number of halogens is 1. The predicted molar refractivity (Wildman–Crippen MR) is 89.7 cm³/mol. The lowest BCUT2D eigenvalue weighted by Crippen LogP contribution is -2.34. The number of benzene rings is 1. The van der Waals surface area contributed by atoms with Gasteiger partial charge in [0.1, 0.15) is 5.82 Å². The van der Waals surface area contributed by atoms with Gasteiger partial charge in [-0.3, -0.25) is 9.59 Å². The topological polar surface area (TPSA) is 71.2 Å². The van der Waals surface area contributed by atoms with Crippen LogP contribution in [-0.4, -0.2) is 29.6 Å². The molecule has 0 bridgehead atoms. The highest BCUT2D eigenvalue weighted by Gasteiger charge is 2.18. The number of hydrogen-bond acceptors (Lipinski definition) is 3. The van der Waals surface area contributed by atoms with Gasteiger partial charge in [-0.15, -0.1) is 0 Å². The quantitative estimate of drug-likeness (QED) is 0.884. The van der Waals surface area contributed by atoms with Crippen molar-refractivity contribution in [1.29, 1.82) is 0 Å². The zero-order chi connectivity index (χ0) is 17.1. The summed E-state index contributed by atoms with van der Waals surface area (Å²) < 4.78 is 18.9. The molecule has 0 saturated carbocycles. The number of aromatic amines is 1. The number of hydrogen-bond donors (Lipinski definition) is 2. The van der Waals surface area contributed by atoms with Gasteiger partial charge in [-0.05, 0) is 50.8 Å². The van der Waals surface area contributed by atoms with E-state index in [1.54, 1.807) is 0 Å². The number of H-pyrrole nitrogens is 1. The molecular weight excluding hydrogens is 311 g/mol. The van der Waals surface area contributed by atoms with E-state index in [4.69, 9.17) is 4.74 Å². The molecule has 1 aromatic heterocycles. The molecule has 24 heavy (non-hydrogen) atoms. The van der Waals surface area contributed by atoms with Crippen LogP contribution in [-0.2, 0) is 4.74 Å². The third-order valence-corrected chi connectivity index (χ3v) is 4.37. The van der Waals surface area contributed by atoms with E-state index >= 15 is 0 Å². The molecule has 1 amide bonds. The minimum absolute atomic E-state index is 0.0310. The van der Waals surface area contributed by atoms with Gasteiger partial charge in [0.15, 0.2) is 0 Å². The summed E-state index contributed by atoms with van der Waals surface area (Å²) in [5.74, 6) is -0.779. The lowest BCUT2D eigenvalue weighted by Gasteiger charge is -2.17. The number of carbonyl (C=O) groups is 1. The molecule has 1 saturated heterocycles. The first-order valence-corrected chi connectivity index (χ1v) is 8.28. The van der Waals surface area contributed by atoms with Crippen LogP contribution >= 0.6 is 0 Å². The van der Waals surface area contributed by atoms with E-state index in [1.165, 1.54) is 24.3 Å². The molecule has 6 heteroatoms. The van der Waals surface area contributed by atoms with Gasteiger partial charge < -0.3 is 15.0 Å². The Kier molecular flexibility index (Phi) is 4.94. The standard InChI is InChI=1S/C18H21FN2O3/c1-11(4-6-13-3-2-8-24-13)20-18(23)15-10-17(22)21-16-9-12(19)5-7-14(15)16/h5,7,9-11,13H,2-4,6,8H2,1H3,(H,20,23)(H,21,22)/t11-,13-/m0/s1. The fourth-order valence-corrected chi connectivity index (χ4v) is 3.10. The zero-order valence-electron chi connectivity index (χ0n) is 13.6. The van der Waals surface area contributed by atoms with Crippen molar-refractivity contribution in [2.24, 2.45) is 0 Å². The van der Waals surface area contributed by atoms with Crippen molar-refractivity contribution in [3.05, 3.63) is 46.0 Å². The van der Waals surface area contributed by atoms with Gasteiger partial charge in [-0.1, -0.05) is 0 Å². The van der Waals surface area contributed by atoms with Crippen LogP contribution in [0, 0.1) is 5.82 Å². The number of fused-ring (bicyclic) bond motifs is 1. The normalized spacial score (nSPS) is 18.7. The van der Waals surface area contributed by atoms with E-state index in [0.717, 1.165) is 32.3 Å². The molecule has 0 aliphatic carbocycles. The Morgan fingerprint density at radius 1 is 1.46 bits per heavy atom. The van der Waals surface area contributed by atoms with Crippen molar-refractivity contribution in [1.82, 2.24) is 10.3 Å². The maximum atomic E-state index is 13.3. The van der Waals surface area contributed by atoms with Crippen LogP contribution in [0.25, 0.3) is 10.9 Å². The molecule has 5 nitrogen and oxygen atoms in total. The Bertz CT molecular complexity index is 796. The first-order valence-electron chi connectivity index (χ1n) is 8.28. The van der Waals surface area contributed by atoms with Crippen LogP contribution in [0.5, 0.6) is 0 Å². The molecule has 0 spiro atoms. The van der Waals surface area contributed by atoms with Gasteiger partial charge in [0.05, 0.1) is 17.2 Å².